The highest BCUT2D eigenvalue weighted by atomic mass is 16.2. The van der Waals surface area contributed by atoms with E-state index in [-0.39, 0.29) is 11.8 Å². The normalized spacial score (nSPS) is 22.3. The Morgan fingerprint density at radius 3 is 2.48 bits per heavy atom. The van der Waals surface area contributed by atoms with Gasteiger partial charge in [0.2, 0.25) is 11.8 Å². The van der Waals surface area contributed by atoms with Crippen LogP contribution in [-0.4, -0.2) is 34.8 Å². The lowest BCUT2D eigenvalue weighted by Gasteiger charge is -2.41. The Bertz CT molecular complexity index is 891. The van der Waals surface area contributed by atoms with Gasteiger partial charge >= 0.3 is 0 Å². The number of aromatic nitrogens is 1. The van der Waals surface area contributed by atoms with Crippen molar-refractivity contribution < 1.29 is 9.59 Å². The summed E-state index contributed by atoms with van der Waals surface area (Å²) in [7, 11) is 0. The largest absolute Gasteiger partial charge is 0.369 e. The van der Waals surface area contributed by atoms with Crippen molar-refractivity contribution in [2.45, 2.75) is 57.8 Å². The van der Waals surface area contributed by atoms with E-state index in [2.05, 4.69) is 29.2 Å². The number of nitrogens with two attached hydrogens (primary N) is 1. The van der Waals surface area contributed by atoms with Crippen LogP contribution in [0.15, 0.2) is 48.8 Å². The van der Waals surface area contributed by atoms with Crippen molar-refractivity contribution in [3.63, 3.8) is 0 Å². The summed E-state index contributed by atoms with van der Waals surface area (Å²) in [5.41, 5.74) is 8.49. The molecule has 1 aromatic heterocycles. The van der Waals surface area contributed by atoms with Gasteiger partial charge in [0, 0.05) is 31.9 Å². The molecule has 2 fully saturated rings. The highest BCUT2D eigenvalue weighted by Crippen LogP contribution is 2.35. The minimum absolute atomic E-state index is 0.198. The highest BCUT2D eigenvalue weighted by molar-refractivity contribution is 5.83. The SMILES string of the molecule is NC(=O)[C@@]1(Cc2ccc(-c3cccnc3)cc2)CCCN(C(=O)CC2CCCCC2)C1. The van der Waals surface area contributed by atoms with Gasteiger partial charge in [-0.1, -0.05) is 49.6 Å². The van der Waals surface area contributed by atoms with Crippen LogP contribution in [-0.2, 0) is 16.0 Å². The topological polar surface area (TPSA) is 76.3 Å². The molecule has 0 bridgehead atoms. The van der Waals surface area contributed by atoms with Crippen molar-refractivity contribution in [1.82, 2.24) is 9.88 Å². The second-order valence-electron chi connectivity index (χ2n) is 9.39. The number of carbonyl (C=O) groups excluding carboxylic acids is 2. The zero-order valence-corrected chi connectivity index (χ0v) is 18.3. The van der Waals surface area contributed by atoms with Gasteiger partial charge in [0.25, 0.3) is 0 Å². The summed E-state index contributed by atoms with van der Waals surface area (Å²) in [5.74, 6) is 0.411. The molecule has 0 spiro atoms. The maximum Gasteiger partial charge on any atom is 0.225 e. The Kier molecular flexibility index (Phi) is 6.69. The van der Waals surface area contributed by atoms with Crippen LogP contribution in [0.25, 0.3) is 11.1 Å². The summed E-state index contributed by atoms with van der Waals surface area (Å²) in [5, 5.41) is 0. The van der Waals surface area contributed by atoms with Crippen molar-refractivity contribution in [3.8, 4) is 11.1 Å². The van der Waals surface area contributed by atoms with Crippen LogP contribution < -0.4 is 5.73 Å². The Morgan fingerprint density at radius 2 is 1.81 bits per heavy atom. The standard InChI is InChI=1S/C26H33N3O2/c27-25(31)26(17-21-9-11-22(12-10-21)23-8-4-14-28-18-23)13-5-15-29(19-26)24(30)16-20-6-2-1-3-7-20/h4,8-12,14,18,20H,1-3,5-7,13,15-17,19H2,(H2,27,31)/t26-/m1/s1. The van der Waals surface area contributed by atoms with Gasteiger partial charge < -0.3 is 10.6 Å². The van der Waals surface area contributed by atoms with E-state index in [1.54, 1.807) is 6.20 Å². The number of hydrogen-bond acceptors (Lipinski definition) is 3. The van der Waals surface area contributed by atoms with Crippen molar-refractivity contribution in [3.05, 3.63) is 54.4 Å². The van der Waals surface area contributed by atoms with Crippen molar-refractivity contribution in [2.75, 3.05) is 13.1 Å². The van der Waals surface area contributed by atoms with E-state index in [1.165, 1.54) is 19.3 Å². The average molecular weight is 420 g/mol. The lowest BCUT2D eigenvalue weighted by molar-refractivity contribution is -0.140. The lowest BCUT2D eigenvalue weighted by atomic mass is 9.74. The van der Waals surface area contributed by atoms with Crippen LogP contribution in [0.4, 0.5) is 0 Å². The van der Waals surface area contributed by atoms with Gasteiger partial charge in [-0.05, 0) is 60.8 Å². The fourth-order valence-corrected chi connectivity index (χ4v) is 5.28. The Morgan fingerprint density at radius 1 is 1.03 bits per heavy atom. The third kappa shape index (κ3) is 5.15. The molecule has 2 aliphatic rings. The Hall–Kier alpha value is -2.69. The molecule has 164 valence electrons. The van der Waals surface area contributed by atoms with Crippen LogP contribution in [0.1, 0.15) is 56.9 Å². The highest BCUT2D eigenvalue weighted by Gasteiger charge is 2.42. The molecule has 0 unspecified atom stereocenters. The number of piperidine rings is 1. The zero-order chi connectivity index (χ0) is 21.7. The van der Waals surface area contributed by atoms with Crippen LogP contribution >= 0.6 is 0 Å². The second-order valence-corrected chi connectivity index (χ2v) is 9.39. The number of benzene rings is 1. The summed E-state index contributed by atoms with van der Waals surface area (Å²) in [6.45, 7) is 1.18. The van der Waals surface area contributed by atoms with Crippen LogP contribution in [0, 0.1) is 11.3 Å². The van der Waals surface area contributed by atoms with E-state index >= 15 is 0 Å². The third-order valence-electron chi connectivity index (χ3n) is 7.13. The van der Waals surface area contributed by atoms with E-state index in [0.29, 0.717) is 25.3 Å². The first-order valence-corrected chi connectivity index (χ1v) is 11.6. The van der Waals surface area contributed by atoms with Gasteiger partial charge in [-0.25, -0.2) is 0 Å². The molecule has 0 radical (unpaired) electrons. The van der Waals surface area contributed by atoms with Crippen LogP contribution in [0.5, 0.6) is 0 Å². The summed E-state index contributed by atoms with van der Waals surface area (Å²) in [6.07, 6.45) is 12.4. The fraction of sp³-hybridized carbons (Fsp3) is 0.500. The zero-order valence-electron chi connectivity index (χ0n) is 18.3. The van der Waals surface area contributed by atoms with E-state index in [0.717, 1.165) is 48.9 Å². The molecular formula is C26H33N3O2. The van der Waals surface area contributed by atoms with Crippen molar-refractivity contribution in [1.29, 1.82) is 0 Å². The number of amides is 2. The maximum absolute atomic E-state index is 13.0. The summed E-state index contributed by atoms with van der Waals surface area (Å²) in [6, 6.07) is 12.2. The number of rotatable bonds is 6. The van der Waals surface area contributed by atoms with Crippen LogP contribution in [0.2, 0.25) is 0 Å². The summed E-state index contributed by atoms with van der Waals surface area (Å²) in [4.78, 5) is 31.7. The average Bonchev–Trinajstić information content (AvgIpc) is 2.81. The fourth-order valence-electron chi connectivity index (χ4n) is 5.28. The monoisotopic (exact) mass is 419 g/mol. The quantitative estimate of drug-likeness (QED) is 0.756. The van der Waals surface area contributed by atoms with E-state index in [4.69, 9.17) is 5.73 Å². The predicted octanol–water partition coefficient (Wildman–Crippen LogP) is 4.36. The number of hydrogen-bond donors (Lipinski definition) is 1. The van der Waals surface area contributed by atoms with E-state index in [1.807, 2.05) is 23.2 Å². The molecule has 2 N–H and O–H groups in total. The molecule has 2 aromatic rings. The maximum atomic E-state index is 13.0. The molecule has 4 rings (SSSR count). The molecule has 31 heavy (non-hydrogen) atoms. The van der Waals surface area contributed by atoms with Crippen molar-refractivity contribution >= 4 is 11.8 Å². The number of likely N-dealkylation sites (tertiary alicyclic amines) is 1. The molecule has 5 nitrogen and oxygen atoms in total. The number of pyridine rings is 1. The van der Waals surface area contributed by atoms with Gasteiger partial charge in [0.1, 0.15) is 0 Å². The number of primary amides is 1. The first-order valence-electron chi connectivity index (χ1n) is 11.6. The van der Waals surface area contributed by atoms with E-state index in [9.17, 15) is 9.59 Å². The van der Waals surface area contributed by atoms with E-state index < -0.39 is 5.41 Å². The smallest absolute Gasteiger partial charge is 0.225 e. The number of carbonyl (C=O) groups is 2. The second kappa shape index (κ2) is 9.63. The molecule has 1 aliphatic carbocycles. The Balaban J connectivity index is 1.45. The molecule has 1 saturated carbocycles. The first-order chi connectivity index (χ1) is 15.1. The molecule has 2 amide bonds. The predicted molar refractivity (Wildman–Crippen MR) is 122 cm³/mol. The van der Waals surface area contributed by atoms with Gasteiger partial charge in [-0.15, -0.1) is 0 Å². The first kappa shape index (κ1) is 21.5. The minimum Gasteiger partial charge on any atom is -0.369 e. The van der Waals surface area contributed by atoms with Gasteiger partial charge in [-0.2, -0.15) is 0 Å². The molecule has 5 heteroatoms. The minimum atomic E-state index is -0.684. The van der Waals surface area contributed by atoms with Gasteiger partial charge in [0.15, 0.2) is 0 Å². The molecule has 1 aromatic carbocycles. The number of nitrogens with zero attached hydrogens (tertiary/aromatic N) is 2. The lowest BCUT2D eigenvalue weighted by Crippen LogP contribution is -2.53. The van der Waals surface area contributed by atoms with Crippen molar-refractivity contribution in [2.24, 2.45) is 17.1 Å². The molecule has 1 atom stereocenters. The van der Waals surface area contributed by atoms with Crippen LogP contribution in [0.3, 0.4) is 0 Å². The van der Waals surface area contributed by atoms with Gasteiger partial charge in [-0.3, -0.25) is 14.6 Å². The molecular weight excluding hydrogens is 386 g/mol. The molecule has 2 heterocycles. The summed E-state index contributed by atoms with van der Waals surface area (Å²) >= 11 is 0. The van der Waals surface area contributed by atoms with Gasteiger partial charge in [0.05, 0.1) is 5.41 Å². The molecule has 1 aliphatic heterocycles. The Labute approximate surface area is 185 Å². The summed E-state index contributed by atoms with van der Waals surface area (Å²) < 4.78 is 0. The molecule has 1 saturated heterocycles. The third-order valence-corrected chi connectivity index (χ3v) is 7.13.